The quantitative estimate of drug-likeness (QED) is 0.794. The summed E-state index contributed by atoms with van der Waals surface area (Å²) in [7, 11) is 0. The van der Waals surface area contributed by atoms with Crippen LogP contribution in [0.2, 0.25) is 0 Å². The van der Waals surface area contributed by atoms with Gasteiger partial charge >= 0.3 is 0 Å². The summed E-state index contributed by atoms with van der Waals surface area (Å²) in [5.41, 5.74) is 8.29. The maximum atomic E-state index is 5.51. The Labute approximate surface area is 85.6 Å². The molecule has 0 atom stereocenters. The second kappa shape index (κ2) is 3.47. The van der Waals surface area contributed by atoms with Crippen molar-refractivity contribution in [3.8, 4) is 5.13 Å². The molecule has 0 radical (unpaired) electrons. The first-order valence-corrected chi connectivity index (χ1v) is 5.14. The lowest BCUT2D eigenvalue weighted by Gasteiger charge is -1.96. The number of nitrogens with zero attached hydrogens (tertiary/aromatic N) is 4. The highest BCUT2D eigenvalue weighted by atomic mass is 32.1. The van der Waals surface area contributed by atoms with Crippen molar-refractivity contribution in [3.63, 3.8) is 0 Å². The molecule has 0 spiro atoms. The minimum Gasteiger partial charge on any atom is -0.325 e. The molecule has 5 nitrogen and oxygen atoms in total. The number of nitrogens with two attached hydrogens (primary N) is 1. The van der Waals surface area contributed by atoms with Crippen molar-refractivity contribution in [3.05, 3.63) is 22.5 Å². The molecule has 0 unspecified atom stereocenters. The van der Waals surface area contributed by atoms with Gasteiger partial charge in [0.05, 0.1) is 17.1 Å². The van der Waals surface area contributed by atoms with Crippen molar-refractivity contribution < 1.29 is 0 Å². The molecule has 0 aromatic carbocycles. The number of hydrogen-bond donors (Lipinski definition) is 1. The maximum Gasteiger partial charge on any atom is 0.212 e. The summed E-state index contributed by atoms with van der Waals surface area (Å²) in [4.78, 5) is 4.33. The second-order valence-electron chi connectivity index (χ2n) is 3.01. The summed E-state index contributed by atoms with van der Waals surface area (Å²) in [6.07, 6.45) is 0. The van der Waals surface area contributed by atoms with E-state index >= 15 is 0 Å². The van der Waals surface area contributed by atoms with E-state index in [9.17, 15) is 0 Å². The van der Waals surface area contributed by atoms with Crippen LogP contribution >= 0.6 is 11.3 Å². The normalized spacial score (nSPS) is 10.8. The smallest absolute Gasteiger partial charge is 0.212 e. The number of aromatic nitrogens is 4. The minimum atomic E-state index is 0.413. The number of aryl methyl sites for hydroxylation is 1. The molecule has 0 aliphatic rings. The number of thiazole rings is 1. The average molecular weight is 209 g/mol. The van der Waals surface area contributed by atoms with Crippen LogP contribution in [0.3, 0.4) is 0 Å². The average Bonchev–Trinajstić information content (AvgIpc) is 2.72. The van der Waals surface area contributed by atoms with Crippen LogP contribution < -0.4 is 5.73 Å². The molecule has 0 fully saturated rings. The molecule has 0 saturated heterocycles. The van der Waals surface area contributed by atoms with E-state index in [-0.39, 0.29) is 0 Å². The lowest BCUT2D eigenvalue weighted by molar-refractivity contribution is 0.775. The van der Waals surface area contributed by atoms with Crippen molar-refractivity contribution in [2.75, 3.05) is 0 Å². The standard InChI is InChI=1S/C8H11N5S/c1-5-4-14-8(10-5)13-6(2)7(3-9)11-12-13/h4H,3,9H2,1-2H3. The van der Waals surface area contributed by atoms with Gasteiger partial charge in [-0.25, -0.2) is 4.98 Å². The van der Waals surface area contributed by atoms with Crippen LogP contribution in [-0.2, 0) is 6.54 Å². The van der Waals surface area contributed by atoms with E-state index in [4.69, 9.17) is 5.73 Å². The number of rotatable bonds is 2. The van der Waals surface area contributed by atoms with Crippen LogP contribution in [0.4, 0.5) is 0 Å². The third-order valence-corrected chi connectivity index (χ3v) is 2.91. The van der Waals surface area contributed by atoms with Gasteiger partial charge in [-0.1, -0.05) is 5.21 Å². The molecular formula is C8H11N5S. The summed E-state index contributed by atoms with van der Waals surface area (Å²) >= 11 is 1.55. The van der Waals surface area contributed by atoms with Gasteiger partial charge in [0.2, 0.25) is 5.13 Å². The molecule has 6 heteroatoms. The van der Waals surface area contributed by atoms with E-state index in [1.54, 1.807) is 16.0 Å². The van der Waals surface area contributed by atoms with Crippen molar-refractivity contribution in [1.29, 1.82) is 0 Å². The van der Waals surface area contributed by atoms with Gasteiger partial charge in [-0.3, -0.25) is 0 Å². The molecule has 2 N–H and O–H groups in total. The fourth-order valence-electron chi connectivity index (χ4n) is 1.17. The molecule has 0 saturated carbocycles. The van der Waals surface area contributed by atoms with E-state index in [0.29, 0.717) is 6.54 Å². The van der Waals surface area contributed by atoms with Crippen LogP contribution in [0.15, 0.2) is 5.38 Å². The van der Waals surface area contributed by atoms with Crippen molar-refractivity contribution in [2.24, 2.45) is 5.73 Å². The van der Waals surface area contributed by atoms with Crippen LogP contribution in [-0.4, -0.2) is 20.0 Å². The Hall–Kier alpha value is -1.27. The molecule has 14 heavy (non-hydrogen) atoms. The largest absolute Gasteiger partial charge is 0.325 e. The van der Waals surface area contributed by atoms with Gasteiger partial charge in [-0.15, -0.1) is 16.4 Å². The Bertz CT molecular complexity index is 444. The van der Waals surface area contributed by atoms with Crippen molar-refractivity contribution in [2.45, 2.75) is 20.4 Å². The monoisotopic (exact) mass is 209 g/mol. The van der Waals surface area contributed by atoms with Gasteiger partial charge < -0.3 is 5.73 Å². The van der Waals surface area contributed by atoms with Gasteiger partial charge in [0, 0.05) is 11.9 Å². The minimum absolute atomic E-state index is 0.413. The molecular weight excluding hydrogens is 198 g/mol. The summed E-state index contributed by atoms with van der Waals surface area (Å²) < 4.78 is 1.72. The van der Waals surface area contributed by atoms with Gasteiger partial charge in [-0.2, -0.15) is 4.68 Å². The van der Waals surface area contributed by atoms with Crippen LogP contribution in [0, 0.1) is 13.8 Å². The van der Waals surface area contributed by atoms with E-state index in [1.807, 2.05) is 19.2 Å². The van der Waals surface area contributed by atoms with Crippen molar-refractivity contribution >= 4 is 11.3 Å². The van der Waals surface area contributed by atoms with Gasteiger partial charge in [0.15, 0.2) is 0 Å². The lowest BCUT2D eigenvalue weighted by atomic mass is 10.3. The fraction of sp³-hybridized carbons (Fsp3) is 0.375. The first kappa shape index (κ1) is 9.29. The highest BCUT2D eigenvalue weighted by Gasteiger charge is 2.10. The van der Waals surface area contributed by atoms with E-state index in [0.717, 1.165) is 22.2 Å². The Morgan fingerprint density at radius 1 is 1.50 bits per heavy atom. The lowest BCUT2D eigenvalue weighted by Crippen LogP contribution is -2.01. The Balaban J connectivity index is 2.46. The Morgan fingerprint density at radius 2 is 2.29 bits per heavy atom. The molecule has 74 valence electrons. The van der Waals surface area contributed by atoms with E-state index in [1.165, 1.54) is 0 Å². The first-order chi connectivity index (χ1) is 6.72. The zero-order valence-corrected chi connectivity index (χ0v) is 8.88. The zero-order valence-electron chi connectivity index (χ0n) is 8.06. The highest BCUT2D eigenvalue weighted by molar-refractivity contribution is 7.12. The molecule has 0 aliphatic heterocycles. The van der Waals surface area contributed by atoms with Gasteiger partial charge in [0.25, 0.3) is 0 Å². The van der Waals surface area contributed by atoms with E-state index in [2.05, 4.69) is 15.3 Å². The van der Waals surface area contributed by atoms with Crippen molar-refractivity contribution in [1.82, 2.24) is 20.0 Å². The Kier molecular flexibility index (Phi) is 2.30. The van der Waals surface area contributed by atoms with Crippen LogP contribution in [0.25, 0.3) is 5.13 Å². The zero-order chi connectivity index (χ0) is 10.1. The van der Waals surface area contributed by atoms with Gasteiger partial charge in [-0.05, 0) is 13.8 Å². The second-order valence-corrected chi connectivity index (χ2v) is 3.85. The van der Waals surface area contributed by atoms with Gasteiger partial charge in [0.1, 0.15) is 0 Å². The predicted molar refractivity (Wildman–Crippen MR) is 54.4 cm³/mol. The molecule has 2 heterocycles. The molecule has 0 bridgehead atoms. The topological polar surface area (TPSA) is 69.6 Å². The van der Waals surface area contributed by atoms with Crippen LogP contribution in [0.1, 0.15) is 17.1 Å². The van der Waals surface area contributed by atoms with Crippen LogP contribution in [0.5, 0.6) is 0 Å². The molecule has 0 aliphatic carbocycles. The fourth-order valence-corrected chi connectivity index (χ4v) is 1.97. The van der Waals surface area contributed by atoms with E-state index < -0.39 is 0 Å². The first-order valence-electron chi connectivity index (χ1n) is 4.26. The molecule has 2 aromatic rings. The third kappa shape index (κ3) is 1.42. The number of hydrogen-bond acceptors (Lipinski definition) is 5. The third-order valence-electron chi connectivity index (χ3n) is 1.97. The molecule has 2 aromatic heterocycles. The molecule has 0 amide bonds. The molecule has 2 rings (SSSR count). The highest BCUT2D eigenvalue weighted by Crippen LogP contribution is 2.16. The summed E-state index contributed by atoms with van der Waals surface area (Å²) in [5, 5.41) is 10.8. The summed E-state index contributed by atoms with van der Waals surface area (Å²) in [5.74, 6) is 0. The predicted octanol–water partition coefficient (Wildman–Crippen LogP) is 0.799. The maximum absolute atomic E-state index is 5.51. The summed E-state index contributed by atoms with van der Waals surface area (Å²) in [6, 6.07) is 0. The Morgan fingerprint density at radius 3 is 2.79 bits per heavy atom. The SMILES string of the molecule is Cc1csc(-n2nnc(CN)c2C)n1. The summed E-state index contributed by atoms with van der Waals surface area (Å²) in [6.45, 7) is 4.31.